The first-order valence-electron chi connectivity index (χ1n) is 6.68. The predicted molar refractivity (Wildman–Crippen MR) is 73.2 cm³/mol. The molecule has 0 saturated carbocycles. The summed E-state index contributed by atoms with van der Waals surface area (Å²) in [4.78, 5) is 12.0. The summed E-state index contributed by atoms with van der Waals surface area (Å²) in [7, 11) is 0. The Bertz CT molecular complexity index is 531. The lowest BCUT2D eigenvalue weighted by Crippen LogP contribution is -2.32. The number of carbonyl (C=O) groups excluding carboxylic acids is 1. The number of hydrogen-bond acceptors (Lipinski definition) is 3. The monoisotopic (exact) mass is 255 g/mol. The molecule has 1 aromatic carbocycles. The molecule has 2 aliphatic rings. The maximum Gasteiger partial charge on any atom is 0.329 e. The van der Waals surface area contributed by atoms with Crippen LogP contribution in [0.4, 0.5) is 0 Å². The van der Waals surface area contributed by atoms with E-state index < -0.39 is 0 Å². The second-order valence-corrected chi connectivity index (χ2v) is 4.95. The Kier molecular flexibility index (Phi) is 3.36. The van der Waals surface area contributed by atoms with Crippen LogP contribution in [-0.4, -0.2) is 12.0 Å². The SMILES string of the molecule is O=C(OCc1ccccc1)C1CC2=C(C=CCC2)N1. The first-order valence-corrected chi connectivity index (χ1v) is 6.68. The first-order chi connectivity index (χ1) is 9.33. The number of hydrogen-bond donors (Lipinski definition) is 1. The van der Waals surface area contributed by atoms with Crippen molar-refractivity contribution in [3.8, 4) is 0 Å². The fourth-order valence-corrected chi connectivity index (χ4v) is 2.53. The number of nitrogens with one attached hydrogen (secondary N) is 1. The highest BCUT2D eigenvalue weighted by Crippen LogP contribution is 2.28. The normalized spacial score (nSPS) is 20.9. The lowest BCUT2D eigenvalue weighted by Gasteiger charge is -2.12. The minimum Gasteiger partial charge on any atom is -0.459 e. The third-order valence-corrected chi connectivity index (χ3v) is 3.57. The molecular formula is C16H17NO2. The van der Waals surface area contributed by atoms with E-state index >= 15 is 0 Å². The third kappa shape index (κ3) is 2.70. The maximum atomic E-state index is 12.0. The van der Waals surface area contributed by atoms with Crippen LogP contribution in [0.5, 0.6) is 0 Å². The molecule has 0 aromatic heterocycles. The Morgan fingerprint density at radius 1 is 1.32 bits per heavy atom. The smallest absolute Gasteiger partial charge is 0.329 e. The zero-order chi connectivity index (χ0) is 13.1. The van der Waals surface area contributed by atoms with Crippen LogP contribution in [0.3, 0.4) is 0 Å². The Labute approximate surface area is 113 Å². The lowest BCUT2D eigenvalue weighted by atomic mass is 10.0. The molecule has 0 amide bonds. The van der Waals surface area contributed by atoms with Gasteiger partial charge >= 0.3 is 5.97 Å². The lowest BCUT2D eigenvalue weighted by molar-refractivity contribution is -0.147. The topological polar surface area (TPSA) is 38.3 Å². The molecule has 0 spiro atoms. The van der Waals surface area contributed by atoms with E-state index in [1.165, 1.54) is 5.57 Å². The zero-order valence-electron chi connectivity index (χ0n) is 10.8. The van der Waals surface area contributed by atoms with Gasteiger partial charge in [-0.25, -0.2) is 4.79 Å². The molecule has 1 heterocycles. The fourth-order valence-electron chi connectivity index (χ4n) is 2.53. The minimum absolute atomic E-state index is 0.161. The minimum atomic E-state index is -0.212. The van der Waals surface area contributed by atoms with Crippen molar-refractivity contribution in [3.05, 3.63) is 59.3 Å². The summed E-state index contributed by atoms with van der Waals surface area (Å²) in [6.45, 7) is 0.346. The second kappa shape index (κ2) is 5.31. The Morgan fingerprint density at radius 3 is 2.95 bits per heavy atom. The van der Waals surface area contributed by atoms with Gasteiger partial charge < -0.3 is 10.1 Å². The van der Waals surface area contributed by atoms with Gasteiger partial charge in [0, 0.05) is 12.1 Å². The van der Waals surface area contributed by atoms with Crippen LogP contribution in [-0.2, 0) is 16.1 Å². The van der Waals surface area contributed by atoms with Crippen molar-refractivity contribution in [2.24, 2.45) is 0 Å². The number of carbonyl (C=O) groups is 1. The van der Waals surface area contributed by atoms with Gasteiger partial charge in [-0.3, -0.25) is 0 Å². The van der Waals surface area contributed by atoms with Gasteiger partial charge in [-0.15, -0.1) is 0 Å². The highest BCUT2D eigenvalue weighted by Gasteiger charge is 2.29. The van der Waals surface area contributed by atoms with Gasteiger partial charge in [0.15, 0.2) is 0 Å². The van der Waals surface area contributed by atoms with Gasteiger partial charge in [-0.2, -0.15) is 0 Å². The molecule has 1 atom stereocenters. The van der Waals surface area contributed by atoms with Crippen LogP contribution in [0.1, 0.15) is 24.8 Å². The summed E-state index contributed by atoms with van der Waals surface area (Å²) in [5.41, 5.74) is 3.49. The average molecular weight is 255 g/mol. The van der Waals surface area contributed by atoms with E-state index in [1.807, 2.05) is 30.3 Å². The molecular weight excluding hydrogens is 238 g/mol. The van der Waals surface area contributed by atoms with E-state index in [4.69, 9.17) is 4.74 Å². The summed E-state index contributed by atoms with van der Waals surface area (Å²) in [5.74, 6) is -0.161. The van der Waals surface area contributed by atoms with E-state index in [-0.39, 0.29) is 12.0 Å². The molecule has 1 aromatic rings. The molecule has 0 saturated heterocycles. The first kappa shape index (κ1) is 12.0. The summed E-state index contributed by atoms with van der Waals surface area (Å²) in [5, 5.41) is 3.25. The fraction of sp³-hybridized carbons (Fsp3) is 0.312. The van der Waals surface area contributed by atoms with Gasteiger partial charge in [0.05, 0.1) is 0 Å². The van der Waals surface area contributed by atoms with Crippen molar-refractivity contribution in [1.29, 1.82) is 0 Å². The Morgan fingerprint density at radius 2 is 2.16 bits per heavy atom. The number of ether oxygens (including phenoxy) is 1. The van der Waals surface area contributed by atoms with E-state index in [2.05, 4.69) is 17.5 Å². The van der Waals surface area contributed by atoms with Crippen molar-refractivity contribution >= 4 is 5.97 Å². The van der Waals surface area contributed by atoms with Crippen molar-refractivity contribution < 1.29 is 9.53 Å². The van der Waals surface area contributed by atoms with Crippen molar-refractivity contribution in [2.75, 3.05) is 0 Å². The van der Waals surface area contributed by atoms with Crippen LogP contribution in [0.2, 0.25) is 0 Å². The molecule has 19 heavy (non-hydrogen) atoms. The van der Waals surface area contributed by atoms with Gasteiger partial charge in [0.25, 0.3) is 0 Å². The average Bonchev–Trinajstić information content (AvgIpc) is 2.90. The maximum absolute atomic E-state index is 12.0. The molecule has 3 rings (SSSR count). The molecule has 98 valence electrons. The van der Waals surface area contributed by atoms with Crippen LogP contribution in [0, 0.1) is 0 Å². The van der Waals surface area contributed by atoms with Crippen molar-refractivity contribution in [1.82, 2.24) is 5.32 Å². The Balaban J connectivity index is 1.54. The van der Waals surface area contributed by atoms with E-state index in [0.29, 0.717) is 6.61 Å². The second-order valence-electron chi connectivity index (χ2n) is 4.95. The van der Waals surface area contributed by atoms with E-state index in [1.54, 1.807) is 0 Å². The van der Waals surface area contributed by atoms with Crippen molar-refractivity contribution in [2.45, 2.75) is 31.9 Å². The quantitative estimate of drug-likeness (QED) is 0.844. The number of esters is 1. The Hall–Kier alpha value is -2.03. The van der Waals surface area contributed by atoms with Crippen LogP contribution >= 0.6 is 0 Å². The summed E-state index contributed by atoms with van der Waals surface area (Å²) in [6, 6.07) is 9.55. The molecule has 1 unspecified atom stereocenters. The number of rotatable bonds is 3. The van der Waals surface area contributed by atoms with Gasteiger partial charge in [0.1, 0.15) is 12.6 Å². The van der Waals surface area contributed by atoms with Gasteiger partial charge in [0.2, 0.25) is 0 Å². The van der Waals surface area contributed by atoms with Gasteiger partial charge in [-0.1, -0.05) is 36.4 Å². The molecule has 0 radical (unpaired) electrons. The predicted octanol–water partition coefficient (Wildman–Crippen LogP) is 2.70. The number of allylic oxidation sites excluding steroid dienone is 2. The molecule has 1 aliphatic heterocycles. The highest BCUT2D eigenvalue weighted by atomic mass is 16.5. The molecule has 3 nitrogen and oxygen atoms in total. The molecule has 3 heteroatoms. The standard InChI is InChI=1S/C16H17NO2/c18-16(19-11-12-6-2-1-3-7-12)15-10-13-8-4-5-9-14(13)17-15/h1-3,5-7,9,15,17H,4,8,10-11H2. The summed E-state index contributed by atoms with van der Waals surface area (Å²) in [6.07, 6.45) is 7.13. The van der Waals surface area contributed by atoms with Crippen LogP contribution < -0.4 is 5.32 Å². The number of benzene rings is 1. The van der Waals surface area contributed by atoms with Crippen LogP contribution in [0.15, 0.2) is 53.8 Å². The molecule has 0 bridgehead atoms. The van der Waals surface area contributed by atoms with Crippen molar-refractivity contribution in [3.63, 3.8) is 0 Å². The van der Waals surface area contributed by atoms with Crippen LogP contribution in [0.25, 0.3) is 0 Å². The molecule has 1 aliphatic carbocycles. The zero-order valence-corrected chi connectivity index (χ0v) is 10.8. The molecule has 1 N–H and O–H groups in total. The summed E-state index contributed by atoms with van der Waals surface area (Å²) < 4.78 is 5.37. The largest absolute Gasteiger partial charge is 0.459 e. The highest BCUT2D eigenvalue weighted by molar-refractivity contribution is 5.77. The van der Waals surface area contributed by atoms with E-state index in [0.717, 1.165) is 30.5 Å². The molecule has 0 fully saturated rings. The third-order valence-electron chi connectivity index (χ3n) is 3.57. The summed E-state index contributed by atoms with van der Waals surface area (Å²) >= 11 is 0. The van der Waals surface area contributed by atoms with E-state index in [9.17, 15) is 4.79 Å². The van der Waals surface area contributed by atoms with Gasteiger partial charge in [-0.05, 0) is 30.1 Å².